The second-order valence-corrected chi connectivity index (χ2v) is 7.69. The third-order valence-electron chi connectivity index (χ3n) is 4.26. The quantitative estimate of drug-likeness (QED) is 0.256. The van der Waals surface area contributed by atoms with Gasteiger partial charge in [0.1, 0.15) is 17.2 Å². The van der Waals surface area contributed by atoms with Crippen molar-refractivity contribution in [3.63, 3.8) is 0 Å². The van der Waals surface area contributed by atoms with E-state index in [-0.39, 0.29) is 16.3 Å². The van der Waals surface area contributed by atoms with Crippen LogP contribution < -0.4 is 10.6 Å². The molecule has 178 valence electrons. The molecule has 2 aromatic carbocycles. The molecule has 0 saturated carbocycles. The Balaban J connectivity index is 1.89. The summed E-state index contributed by atoms with van der Waals surface area (Å²) < 4.78 is 65.9. The van der Waals surface area contributed by atoms with Gasteiger partial charge in [0.25, 0.3) is 5.91 Å². The molecule has 0 aliphatic carbocycles. The van der Waals surface area contributed by atoms with Gasteiger partial charge in [0.2, 0.25) is 0 Å². The summed E-state index contributed by atoms with van der Waals surface area (Å²) in [7, 11) is 0. The van der Waals surface area contributed by atoms with Crippen LogP contribution in [0.2, 0.25) is 15.1 Å². The Morgan fingerprint density at radius 1 is 1.00 bits per heavy atom. The van der Waals surface area contributed by atoms with Crippen LogP contribution in [0.15, 0.2) is 36.5 Å². The maximum Gasteiger partial charge on any atom is 0.417 e. The number of hydrogen-bond donors (Lipinski definition) is 3. The number of pyridine rings is 1. The maximum absolute atomic E-state index is 13.7. The first kappa shape index (κ1) is 25.5. The highest BCUT2D eigenvalue weighted by Crippen LogP contribution is 2.46. The van der Waals surface area contributed by atoms with Gasteiger partial charge in [0.05, 0.1) is 32.0 Å². The number of imide groups is 1. The molecular formula is C20H9Cl3F5N3O3. The Bertz CT molecular complexity index is 1300. The first-order chi connectivity index (χ1) is 15.8. The highest BCUT2D eigenvalue weighted by molar-refractivity contribution is 6.42. The van der Waals surface area contributed by atoms with Crippen LogP contribution in [-0.2, 0) is 6.18 Å². The minimum Gasteiger partial charge on any atom is -0.504 e. The molecule has 0 aliphatic rings. The fourth-order valence-electron chi connectivity index (χ4n) is 2.73. The molecule has 0 fully saturated rings. The zero-order chi connectivity index (χ0) is 25.4. The zero-order valence-corrected chi connectivity index (χ0v) is 18.5. The summed E-state index contributed by atoms with van der Waals surface area (Å²) in [5.41, 5.74) is -3.13. The molecule has 0 unspecified atom stereocenters. The lowest BCUT2D eigenvalue weighted by Crippen LogP contribution is -2.35. The van der Waals surface area contributed by atoms with E-state index in [1.807, 2.05) is 5.32 Å². The average molecular weight is 541 g/mol. The minimum absolute atomic E-state index is 0.241. The Hall–Kier alpha value is -3.15. The summed E-state index contributed by atoms with van der Waals surface area (Å²) in [5.74, 6) is -4.66. The van der Waals surface area contributed by atoms with Gasteiger partial charge in [0.15, 0.2) is 5.75 Å². The van der Waals surface area contributed by atoms with Gasteiger partial charge in [-0.25, -0.2) is 13.6 Å². The van der Waals surface area contributed by atoms with Gasteiger partial charge in [0, 0.05) is 11.8 Å². The standard InChI is InChI=1S/C20H9Cl3F5N3O3/c21-8-5-12(30-19(34)31-18(33)14-10(24)2-1-3-11(14)25)17(32)15(23)13(8)16-9(22)4-7(6-29-16)20(26,27)28/h1-6,32H,(H2,30,31,33,34). The molecule has 34 heavy (non-hydrogen) atoms. The molecule has 0 atom stereocenters. The van der Waals surface area contributed by atoms with E-state index in [9.17, 15) is 36.6 Å². The number of benzene rings is 2. The monoisotopic (exact) mass is 539 g/mol. The molecule has 0 aliphatic heterocycles. The van der Waals surface area contributed by atoms with Crippen LogP contribution in [0.5, 0.6) is 5.75 Å². The van der Waals surface area contributed by atoms with Crippen LogP contribution in [-0.4, -0.2) is 22.0 Å². The third-order valence-corrected chi connectivity index (χ3v) is 5.22. The highest BCUT2D eigenvalue weighted by atomic mass is 35.5. The molecule has 3 amide bonds. The fourth-order valence-corrected chi connectivity index (χ4v) is 3.63. The second kappa shape index (κ2) is 9.61. The van der Waals surface area contributed by atoms with Crippen molar-refractivity contribution < 1.29 is 36.6 Å². The summed E-state index contributed by atoms with van der Waals surface area (Å²) in [4.78, 5) is 27.7. The Labute approximate surface area is 202 Å². The number of amides is 3. The summed E-state index contributed by atoms with van der Waals surface area (Å²) in [6.45, 7) is 0. The second-order valence-electron chi connectivity index (χ2n) is 6.50. The predicted octanol–water partition coefficient (Wildman–Crippen LogP) is 6.67. The number of phenolic OH excluding ortho intramolecular Hbond substituents is 1. The number of hydrogen-bond acceptors (Lipinski definition) is 4. The van der Waals surface area contributed by atoms with E-state index >= 15 is 0 Å². The van der Waals surface area contributed by atoms with Crippen molar-refractivity contribution in [2.45, 2.75) is 6.18 Å². The molecule has 0 bridgehead atoms. The topological polar surface area (TPSA) is 91.3 Å². The first-order valence-electron chi connectivity index (χ1n) is 8.81. The Kier molecular flexibility index (Phi) is 7.20. The molecule has 6 nitrogen and oxygen atoms in total. The summed E-state index contributed by atoms with van der Waals surface area (Å²) >= 11 is 18.1. The molecule has 0 radical (unpaired) electrons. The van der Waals surface area contributed by atoms with E-state index in [4.69, 9.17) is 34.8 Å². The van der Waals surface area contributed by atoms with Crippen molar-refractivity contribution >= 4 is 52.4 Å². The first-order valence-corrected chi connectivity index (χ1v) is 9.95. The van der Waals surface area contributed by atoms with Gasteiger partial charge < -0.3 is 10.4 Å². The largest absolute Gasteiger partial charge is 0.504 e. The number of aromatic hydroxyl groups is 1. The number of aromatic nitrogens is 1. The molecule has 3 aromatic rings. The number of phenols is 1. The summed E-state index contributed by atoms with van der Waals surface area (Å²) in [6.07, 6.45) is -4.23. The number of carbonyl (C=O) groups excluding carboxylic acids is 2. The lowest BCUT2D eigenvalue weighted by Gasteiger charge is -2.15. The van der Waals surface area contributed by atoms with Crippen LogP contribution >= 0.6 is 34.8 Å². The van der Waals surface area contributed by atoms with E-state index in [1.54, 1.807) is 5.32 Å². The molecule has 3 rings (SSSR count). The lowest BCUT2D eigenvalue weighted by molar-refractivity contribution is -0.137. The zero-order valence-electron chi connectivity index (χ0n) is 16.2. The third kappa shape index (κ3) is 5.16. The lowest BCUT2D eigenvalue weighted by atomic mass is 10.1. The van der Waals surface area contributed by atoms with E-state index < -0.39 is 62.4 Å². The fraction of sp³-hybridized carbons (Fsp3) is 0.0500. The van der Waals surface area contributed by atoms with Crippen molar-refractivity contribution in [2.24, 2.45) is 0 Å². The van der Waals surface area contributed by atoms with Crippen molar-refractivity contribution in [2.75, 3.05) is 5.32 Å². The number of urea groups is 1. The van der Waals surface area contributed by atoms with Crippen molar-refractivity contribution in [3.05, 3.63) is 74.4 Å². The van der Waals surface area contributed by atoms with Gasteiger partial charge >= 0.3 is 12.2 Å². The summed E-state index contributed by atoms with van der Waals surface area (Å²) in [6, 6.07) is 2.85. The number of nitrogens with zero attached hydrogens (tertiary/aromatic N) is 1. The number of nitrogens with one attached hydrogen (secondary N) is 2. The number of anilines is 1. The number of carbonyl (C=O) groups is 2. The van der Waals surface area contributed by atoms with Crippen molar-refractivity contribution in [1.29, 1.82) is 0 Å². The maximum atomic E-state index is 13.7. The van der Waals surface area contributed by atoms with E-state index in [1.165, 1.54) is 0 Å². The molecule has 14 heteroatoms. The van der Waals surface area contributed by atoms with Gasteiger partial charge in [-0.1, -0.05) is 40.9 Å². The smallest absolute Gasteiger partial charge is 0.417 e. The van der Waals surface area contributed by atoms with Crippen LogP contribution in [0.4, 0.5) is 32.4 Å². The van der Waals surface area contributed by atoms with Crippen LogP contribution in [0.1, 0.15) is 15.9 Å². The summed E-state index contributed by atoms with van der Waals surface area (Å²) in [5, 5.41) is 12.7. The highest BCUT2D eigenvalue weighted by Gasteiger charge is 2.32. The van der Waals surface area contributed by atoms with E-state index in [0.717, 1.165) is 24.3 Å². The normalized spacial score (nSPS) is 11.3. The Morgan fingerprint density at radius 2 is 1.62 bits per heavy atom. The SMILES string of the molecule is O=C(NC(=O)c1c(F)cccc1F)Nc1cc(Cl)c(-c2ncc(C(F)(F)F)cc2Cl)c(Cl)c1O. The number of halogens is 8. The number of alkyl halides is 3. The average Bonchev–Trinajstić information content (AvgIpc) is 2.72. The predicted molar refractivity (Wildman–Crippen MR) is 114 cm³/mol. The molecule has 3 N–H and O–H groups in total. The van der Waals surface area contributed by atoms with Crippen molar-refractivity contribution in [1.82, 2.24) is 10.3 Å². The molecule has 1 heterocycles. The molecular weight excluding hydrogens is 532 g/mol. The van der Waals surface area contributed by atoms with Crippen molar-refractivity contribution in [3.8, 4) is 17.0 Å². The van der Waals surface area contributed by atoms with Crippen LogP contribution in [0.3, 0.4) is 0 Å². The van der Waals surface area contributed by atoms with Gasteiger partial charge in [-0.2, -0.15) is 13.2 Å². The van der Waals surface area contributed by atoms with Crippen LogP contribution in [0.25, 0.3) is 11.3 Å². The minimum atomic E-state index is -4.71. The van der Waals surface area contributed by atoms with Crippen LogP contribution in [0, 0.1) is 11.6 Å². The molecule has 1 aromatic heterocycles. The number of rotatable bonds is 3. The molecule has 0 spiro atoms. The van der Waals surface area contributed by atoms with Gasteiger partial charge in [-0.05, 0) is 24.3 Å². The van der Waals surface area contributed by atoms with Gasteiger partial charge in [-0.3, -0.25) is 15.1 Å². The van der Waals surface area contributed by atoms with E-state index in [2.05, 4.69) is 4.98 Å². The van der Waals surface area contributed by atoms with Gasteiger partial charge in [-0.15, -0.1) is 0 Å². The van der Waals surface area contributed by atoms with E-state index in [0.29, 0.717) is 12.3 Å². The molecule has 0 saturated heterocycles. The Morgan fingerprint density at radius 3 is 2.18 bits per heavy atom.